The van der Waals surface area contributed by atoms with E-state index in [-0.39, 0.29) is 35.8 Å². The first-order valence-electron chi connectivity index (χ1n) is 16.4. The number of ether oxygens (including phenoxy) is 1. The van der Waals surface area contributed by atoms with Gasteiger partial charge in [0.05, 0.1) is 35.1 Å². The van der Waals surface area contributed by atoms with Crippen molar-refractivity contribution in [3.05, 3.63) is 112 Å². The van der Waals surface area contributed by atoms with E-state index in [1.165, 1.54) is 9.80 Å². The molecule has 1 saturated carbocycles. The Labute approximate surface area is 283 Å². The summed E-state index contributed by atoms with van der Waals surface area (Å²) in [5.41, 5.74) is 1.37. The van der Waals surface area contributed by atoms with Crippen LogP contribution < -0.4 is 9.64 Å². The Hall–Kier alpha value is -4.69. The second kappa shape index (κ2) is 10.7. The quantitative estimate of drug-likeness (QED) is 0.259. The number of benzene rings is 3. The zero-order chi connectivity index (χ0) is 33.7. The normalized spacial score (nSPS) is 29.5. The maximum atomic E-state index is 15.3. The second-order valence-electron chi connectivity index (χ2n) is 14.6. The molecule has 0 aromatic heterocycles. The number of phenolic OH excluding ortho intramolecular Hbond substituents is 1. The summed E-state index contributed by atoms with van der Waals surface area (Å²) in [5, 5.41) is 10.8. The van der Waals surface area contributed by atoms with Crippen LogP contribution in [0.5, 0.6) is 11.5 Å². The molecule has 3 fully saturated rings. The van der Waals surface area contributed by atoms with Gasteiger partial charge in [0.15, 0.2) is 0 Å². The molecule has 2 aliphatic carbocycles. The van der Waals surface area contributed by atoms with Gasteiger partial charge in [0.2, 0.25) is 23.6 Å². The van der Waals surface area contributed by atoms with Crippen molar-refractivity contribution in [3.63, 3.8) is 0 Å². The minimum absolute atomic E-state index is 0.0899. The van der Waals surface area contributed by atoms with Gasteiger partial charge >= 0.3 is 0 Å². The van der Waals surface area contributed by atoms with Crippen LogP contribution in [-0.4, -0.2) is 39.2 Å². The van der Waals surface area contributed by atoms with E-state index in [4.69, 9.17) is 16.3 Å². The third kappa shape index (κ3) is 4.21. The highest BCUT2D eigenvalue weighted by molar-refractivity contribution is 6.32. The summed E-state index contributed by atoms with van der Waals surface area (Å²) in [6, 6.07) is 21.1. The molecule has 3 aromatic rings. The molecule has 8 rings (SSSR count). The summed E-state index contributed by atoms with van der Waals surface area (Å²) in [5.74, 6) is -3.65. The lowest BCUT2D eigenvalue weighted by atomic mass is 9.48. The molecule has 5 aliphatic rings. The van der Waals surface area contributed by atoms with Gasteiger partial charge in [0.1, 0.15) is 11.5 Å². The van der Waals surface area contributed by atoms with Crippen LogP contribution in [0.15, 0.2) is 96.3 Å². The van der Waals surface area contributed by atoms with Crippen LogP contribution in [0.4, 0.5) is 5.69 Å². The van der Waals surface area contributed by atoms with Gasteiger partial charge in [0.25, 0.3) is 0 Å². The van der Waals surface area contributed by atoms with E-state index in [2.05, 4.69) is 0 Å². The number of hydrogen-bond donors (Lipinski definition) is 1. The SMILES string of the molecule is CC(C)(C)N1C(=O)C2CC=C3C(CC4C(=O)N(c5cccc(Cl)c5)C(=O)C4(c4ccccc4)C3C3=COc4ccc(O)cc4C3)C2C1=O. The van der Waals surface area contributed by atoms with Crippen LogP contribution in [-0.2, 0) is 31.0 Å². The van der Waals surface area contributed by atoms with Crippen LogP contribution in [0, 0.1) is 29.6 Å². The van der Waals surface area contributed by atoms with E-state index in [9.17, 15) is 19.5 Å². The molecule has 0 spiro atoms. The van der Waals surface area contributed by atoms with Crippen molar-refractivity contribution >= 4 is 40.9 Å². The summed E-state index contributed by atoms with van der Waals surface area (Å²) in [4.78, 5) is 60.9. The number of allylic oxidation sites excluding steroid dienone is 3. The molecular formula is C39H35ClN2O6. The van der Waals surface area contributed by atoms with E-state index in [0.717, 1.165) is 16.7 Å². The van der Waals surface area contributed by atoms with Crippen molar-refractivity contribution in [3.8, 4) is 11.5 Å². The summed E-state index contributed by atoms with van der Waals surface area (Å²) >= 11 is 6.40. The zero-order valence-electron chi connectivity index (χ0n) is 26.9. The lowest BCUT2D eigenvalue weighted by Crippen LogP contribution is -2.55. The number of carbonyl (C=O) groups excluding carboxylic acids is 4. The molecule has 3 heterocycles. The Morgan fingerprint density at radius 3 is 2.40 bits per heavy atom. The Morgan fingerprint density at radius 2 is 1.67 bits per heavy atom. The van der Waals surface area contributed by atoms with Gasteiger partial charge in [-0.1, -0.05) is 59.6 Å². The summed E-state index contributed by atoms with van der Waals surface area (Å²) in [6.45, 7) is 5.58. The molecule has 48 heavy (non-hydrogen) atoms. The van der Waals surface area contributed by atoms with Gasteiger partial charge in [0, 0.05) is 28.5 Å². The van der Waals surface area contributed by atoms with Crippen molar-refractivity contribution in [2.24, 2.45) is 29.6 Å². The van der Waals surface area contributed by atoms with Gasteiger partial charge in [-0.3, -0.25) is 24.1 Å². The van der Waals surface area contributed by atoms with Gasteiger partial charge < -0.3 is 9.84 Å². The zero-order valence-corrected chi connectivity index (χ0v) is 27.6. The Balaban J connectivity index is 1.37. The first-order valence-corrected chi connectivity index (χ1v) is 16.8. The Bertz CT molecular complexity index is 1980. The molecular weight excluding hydrogens is 628 g/mol. The minimum atomic E-state index is -1.38. The minimum Gasteiger partial charge on any atom is -0.508 e. The summed E-state index contributed by atoms with van der Waals surface area (Å²) < 4.78 is 6.17. The monoisotopic (exact) mass is 662 g/mol. The lowest BCUT2D eigenvalue weighted by molar-refractivity contribution is -0.145. The number of phenols is 1. The van der Waals surface area contributed by atoms with E-state index in [0.29, 0.717) is 34.9 Å². The molecule has 3 aromatic carbocycles. The molecule has 0 radical (unpaired) electrons. The van der Waals surface area contributed by atoms with Crippen molar-refractivity contribution in [2.45, 2.75) is 51.0 Å². The number of amides is 4. The van der Waals surface area contributed by atoms with Crippen molar-refractivity contribution < 1.29 is 29.0 Å². The number of rotatable bonds is 3. The number of anilines is 1. The number of halogens is 1. The van der Waals surface area contributed by atoms with Crippen molar-refractivity contribution in [2.75, 3.05) is 4.90 Å². The predicted octanol–water partition coefficient (Wildman–Crippen LogP) is 6.36. The molecule has 6 atom stereocenters. The van der Waals surface area contributed by atoms with Crippen molar-refractivity contribution in [1.29, 1.82) is 0 Å². The van der Waals surface area contributed by atoms with E-state index in [1.807, 2.05) is 57.2 Å². The fraction of sp³-hybridized carbons (Fsp3) is 0.333. The number of likely N-dealkylation sites (tertiary alicyclic amines) is 1. The first-order chi connectivity index (χ1) is 22.9. The average Bonchev–Trinajstić information content (AvgIpc) is 3.45. The maximum Gasteiger partial charge on any atom is 0.246 e. The molecule has 244 valence electrons. The molecule has 2 saturated heterocycles. The van der Waals surface area contributed by atoms with Crippen LogP contribution in [0.3, 0.4) is 0 Å². The van der Waals surface area contributed by atoms with Crippen LogP contribution >= 0.6 is 11.6 Å². The highest BCUT2D eigenvalue weighted by Gasteiger charge is 2.70. The second-order valence-corrected chi connectivity index (χ2v) is 15.0. The van der Waals surface area contributed by atoms with Gasteiger partial charge in [-0.15, -0.1) is 0 Å². The van der Waals surface area contributed by atoms with Crippen LogP contribution in [0.1, 0.15) is 44.7 Å². The molecule has 0 bridgehead atoms. The predicted molar refractivity (Wildman–Crippen MR) is 179 cm³/mol. The van der Waals surface area contributed by atoms with Crippen LogP contribution in [0.2, 0.25) is 5.02 Å². The van der Waals surface area contributed by atoms with E-state index < -0.39 is 40.5 Å². The van der Waals surface area contributed by atoms with Gasteiger partial charge in [-0.25, -0.2) is 4.90 Å². The number of imide groups is 2. The number of aromatic hydroxyl groups is 1. The fourth-order valence-electron chi connectivity index (χ4n) is 9.22. The molecule has 8 nitrogen and oxygen atoms in total. The van der Waals surface area contributed by atoms with Gasteiger partial charge in [-0.2, -0.15) is 0 Å². The Kier molecular flexibility index (Phi) is 6.80. The maximum absolute atomic E-state index is 15.3. The topological polar surface area (TPSA) is 104 Å². The highest BCUT2D eigenvalue weighted by atomic mass is 35.5. The fourth-order valence-corrected chi connectivity index (χ4v) is 9.41. The molecule has 3 aliphatic heterocycles. The molecule has 1 N–H and O–H groups in total. The number of carbonyl (C=O) groups is 4. The van der Waals surface area contributed by atoms with E-state index in [1.54, 1.807) is 48.7 Å². The molecule has 9 heteroatoms. The standard InChI is InChI=1S/C39H35ClN2O6/c1-38(2,3)42-34(44)28-14-13-27-29(32(28)36(42)46)19-30-35(45)41(25-11-7-10-24(40)18-25)37(47)39(30,23-8-5-4-6-9-23)33(27)22-16-21-17-26(43)12-15-31(21)48-20-22/h4-13,15,17-18,20,28-30,32-33,43H,14,16,19H2,1-3H3. The molecule has 4 amide bonds. The lowest BCUT2D eigenvalue weighted by Gasteiger charge is -2.51. The average molecular weight is 663 g/mol. The van der Waals surface area contributed by atoms with Crippen LogP contribution in [0.25, 0.3) is 0 Å². The summed E-state index contributed by atoms with van der Waals surface area (Å²) in [7, 11) is 0. The first kappa shape index (κ1) is 30.6. The van der Waals surface area contributed by atoms with Gasteiger partial charge in [-0.05, 0) is 87.1 Å². The van der Waals surface area contributed by atoms with Crippen molar-refractivity contribution in [1.82, 2.24) is 4.90 Å². The number of hydrogen-bond acceptors (Lipinski definition) is 6. The largest absolute Gasteiger partial charge is 0.508 e. The third-order valence-corrected chi connectivity index (χ3v) is 11.2. The number of nitrogens with zero attached hydrogens (tertiary/aromatic N) is 2. The molecule has 6 unspecified atom stereocenters. The number of fused-ring (bicyclic) bond motifs is 5. The Morgan fingerprint density at radius 1 is 0.896 bits per heavy atom. The summed E-state index contributed by atoms with van der Waals surface area (Å²) in [6.07, 6.45) is 4.65. The smallest absolute Gasteiger partial charge is 0.246 e. The third-order valence-electron chi connectivity index (χ3n) is 11.0. The van der Waals surface area contributed by atoms with E-state index >= 15 is 4.79 Å². The highest BCUT2D eigenvalue weighted by Crippen LogP contribution is 2.64.